The minimum Gasteiger partial charge on any atom is -0.300 e. The van der Waals surface area contributed by atoms with Crippen LogP contribution in [0.25, 0.3) is 0 Å². The van der Waals surface area contributed by atoms with Crippen LogP contribution in [0, 0.1) is 11.8 Å². The summed E-state index contributed by atoms with van der Waals surface area (Å²) in [5, 5.41) is 12.5. The van der Waals surface area contributed by atoms with Crippen molar-refractivity contribution in [2.45, 2.75) is 19.8 Å². The van der Waals surface area contributed by atoms with Gasteiger partial charge in [-0.05, 0) is 17.9 Å². The Bertz CT molecular complexity index is 581. The molecule has 1 aromatic heterocycles. The molecular weight excluding hydrogens is 258 g/mol. The molecule has 4 nitrogen and oxygen atoms in total. The lowest BCUT2D eigenvalue weighted by molar-refractivity contribution is -0.117. The Balaban J connectivity index is 1.62. The average molecular weight is 273 g/mol. The first-order valence-electron chi connectivity index (χ1n) is 6.39. The molecule has 1 amide bonds. The van der Waals surface area contributed by atoms with Crippen molar-refractivity contribution in [2.75, 3.05) is 5.32 Å². The van der Waals surface area contributed by atoms with Gasteiger partial charge in [-0.1, -0.05) is 48.6 Å². The van der Waals surface area contributed by atoms with Gasteiger partial charge in [-0.2, -0.15) is 0 Å². The second-order valence-electron chi connectivity index (χ2n) is 4.97. The summed E-state index contributed by atoms with van der Waals surface area (Å²) in [4.78, 5) is 11.8. The first-order chi connectivity index (χ1) is 9.22. The minimum atomic E-state index is 0.0786. The van der Waals surface area contributed by atoms with Crippen molar-refractivity contribution < 1.29 is 4.79 Å². The van der Waals surface area contributed by atoms with Crippen LogP contribution in [0.5, 0.6) is 0 Å². The number of nitrogens with one attached hydrogen (secondary N) is 1. The van der Waals surface area contributed by atoms with Crippen LogP contribution in [-0.2, 0) is 11.2 Å². The number of carbonyl (C=O) groups is 1. The minimum absolute atomic E-state index is 0.0786. The van der Waals surface area contributed by atoms with E-state index in [0.717, 1.165) is 17.8 Å². The molecule has 0 spiro atoms. The van der Waals surface area contributed by atoms with Crippen molar-refractivity contribution in [3.63, 3.8) is 0 Å². The highest BCUT2D eigenvalue weighted by Gasteiger charge is 2.39. The second-order valence-corrected chi connectivity index (χ2v) is 6.03. The fourth-order valence-corrected chi connectivity index (χ4v) is 2.81. The Morgan fingerprint density at radius 2 is 2.11 bits per heavy atom. The van der Waals surface area contributed by atoms with Gasteiger partial charge in [-0.15, -0.1) is 10.2 Å². The number of anilines is 1. The molecule has 3 rings (SSSR count). The van der Waals surface area contributed by atoms with Crippen LogP contribution in [0.15, 0.2) is 30.3 Å². The maximum Gasteiger partial charge on any atom is 0.229 e. The first-order valence-corrected chi connectivity index (χ1v) is 7.21. The lowest BCUT2D eigenvalue weighted by atomic mass is 10.2. The molecule has 0 aliphatic heterocycles. The summed E-state index contributed by atoms with van der Waals surface area (Å²) in [5.74, 6) is 0.757. The molecule has 5 heteroatoms. The number of hydrogen-bond donors (Lipinski definition) is 1. The number of nitrogens with zero attached hydrogens (tertiary/aromatic N) is 2. The highest BCUT2D eigenvalue weighted by molar-refractivity contribution is 7.15. The fraction of sp³-hybridized carbons (Fsp3) is 0.357. The zero-order valence-electron chi connectivity index (χ0n) is 10.7. The van der Waals surface area contributed by atoms with E-state index in [9.17, 15) is 4.79 Å². The molecule has 1 aromatic carbocycles. The second kappa shape index (κ2) is 5.09. The SMILES string of the molecule is C[C@H]1C[C@H]1C(=O)Nc1nnc(Cc2ccccc2)s1. The number of hydrogen-bond acceptors (Lipinski definition) is 4. The van der Waals surface area contributed by atoms with Crippen LogP contribution in [0.3, 0.4) is 0 Å². The average Bonchev–Trinajstić information content (AvgIpc) is 2.99. The number of aromatic nitrogens is 2. The lowest BCUT2D eigenvalue weighted by Gasteiger charge is -1.97. The largest absolute Gasteiger partial charge is 0.300 e. The monoisotopic (exact) mass is 273 g/mol. The number of carbonyl (C=O) groups excluding carboxylic acids is 1. The van der Waals surface area contributed by atoms with Crippen molar-refractivity contribution >= 4 is 22.4 Å². The maximum absolute atomic E-state index is 11.8. The lowest BCUT2D eigenvalue weighted by Crippen LogP contribution is -2.14. The molecule has 1 fully saturated rings. The quantitative estimate of drug-likeness (QED) is 0.932. The number of benzene rings is 1. The Morgan fingerprint density at radius 1 is 1.37 bits per heavy atom. The van der Waals surface area contributed by atoms with E-state index in [1.54, 1.807) is 0 Å². The maximum atomic E-state index is 11.8. The summed E-state index contributed by atoms with van der Waals surface area (Å²) in [5.41, 5.74) is 1.20. The fourth-order valence-electron chi connectivity index (χ4n) is 2.03. The Kier molecular flexibility index (Phi) is 3.29. The molecule has 19 heavy (non-hydrogen) atoms. The molecule has 98 valence electrons. The van der Waals surface area contributed by atoms with Gasteiger partial charge in [0, 0.05) is 12.3 Å². The van der Waals surface area contributed by atoms with Crippen LogP contribution in [0.1, 0.15) is 23.9 Å². The van der Waals surface area contributed by atoms with Crippen LogP contribution in [0.4, 0.5) is 5.13 Å². The summed E-state index contributed by atoms with van der Waals surface area (Å²) in [6.45, 7) is 2.09. The van der Waals surface area contributed by atoms with E-state index in [4.69, 9.17) is 0 Å². The summed E-state index contributed by atoms with van der Waals surface area (Å²) in [6.07, 6.45) is 1.75. The van der Waals surface area contributed by atoms with Gasteiger partial charge >= 0.3 is 0 Å². The van der Waals surface area contributed by atoms with Crippen LogP contribution < -0.4 is 5.32 Å². The molecule has 1 aliphatic rings. The van der Waals surface area contributed by atoms with Crippen molar-refractivity contribution in [3.05, 3.63) is 40.9 Å². The standard InChI is InChI=1S/C14H15N3OS/c1-9-7-11(9)13(18)15-14-17-16-12(19-14)8-10-5-3-2-4-6-10/h2-6,9,11H,7-8H2,1H3,(H,15,17,18)/t9-,11+/m0/s1. The Labute approximate surface area is 115 Å². The van der Waals surface area contributed by atoms with E-state index in [2.05, 4.69) is 34.6 Å². The normalized spacial score (nSPS) is 21.1. The van der Waals surface area contributed by atoms with E-state index < -0.39 is 0 Å². The molecule has 0 bridgehead atoms. The van der Waals surface area contributed by atoms with Crippen LogP contribution in [-0.4, -0.2) is 16.1 Å². The van der Waals surface area contributed by atoms with Crippen molar-refractivity contribution in [3.8, 4) is 0 Å². The highest BCUT2D eigenvalue weighted by atomic mass is 32.1. The van der Waals surface area contributed by atoms with Gasteiger partial charge in [0.2, 0.25) is 11.0 Å². The van der Waals surface area contributed by atoms with Crippen LogP contribution >= 0.6 is 11.3 Å². The number of amides is 1. The van der Waals surface area contributed by atoms with E-state index in [0.29, 0.717) is 11.0 Å². The summed E-state index contributed by atoms with van der Waals surface area (Å²) in [7, 11) is 0. The molecular formula is C14H15N3OS. The van der Waals surface area contributed by atoms with E-state index >= 15 is 0 Å². The highest BCUT2D eigenvalue weighted by Crippen LogP contribution is 2.38. The third kappa shape index (κ3) is 2.98. The molecule has 0 saturated heterocycles. The molecule has 0 radical (unpaired) electrons. The van der Waals surface area contributed by atoms with E-state index in [1.165, 1.54) is 16.9 Å². The van der Waals surface area contributed by atoms with E-state index in [1.807, 2.05) is 18.2 Å². The van der Waals surface area contributed by atoms with Gasteiger partial charge in [0.25, 0.3) is 0 Å². The predicted molar refractivity (Wildman–Crippen MR) is 75.1 cm³/mol. The topological polar surface area (TPSA) is 54.9 Å². The summed E-state index contributed by atoms with van der Waals surface area (Å²) in [6, 6.07) is 10.1. The van der Waals surface area contributed by atoms with Gasteiger partial charge in [-0.3, -0.25) is 4.79 Å². The summed E-state index contributed by atoms with van der Waals surface area (Å²) >= 11 is 1.45. The van der Waals surface area contributed by atoms with Crippen molar-refractivity contribution in [1.82, 2.24) is 10.2 Å². The first kappa shape index (κ1) is 12.3. The van der Waals surface area contributed by atoms with Gasteiger partial charge in [0.15, 0.2) is 0 Å². The zero-order chi connectivity index (χ0) is 13.2. The Hall–Kier alpha value is -1.75. The molecule has 0 unspecified atom stereocenters. The molecule has 1 aliphatic carbocycles. The zero-order valence-corrected chi connectivity index (χ0v) is 11.5. The van der Waals surface area contributed by atoms with E-state index in [-0.39, 0.29) is 11.8 Å². The molecule has 1 N–H and O–H groups in total. The Morgan fingerprint density at radius 3 is 2.79 bits per heavy atom. The van der Waals surface area contributed by atoms with Gasteiger partial charge in [0.1, 0.15) is 5.01 Å². The molecule has 1 saturated carbocycles. The van der Waals surface area contributed by atoms with Gasteiger partial charge in [-0.25, -0.2) is 0 Å². The van der Waals surface area contributed by atoms with Crippen LogP contribution in [0.2, 0.25) is 0 Å². The van der Waals surface area contributed by atoms with Crippen molar-refractivity contribution in [2.24, 2.45) is 11.8 Å². The number of rotatable bonds is 4. The molecule has 1 heterocycles. The van der Waals surface area contributed by atoms with Gasteiger partial charge in [0.05, 0.1) is 0 Å². The summed E-state index contributed by atoms with van der Waals surface area (Å²) < 4.78 is 0. The third-order valence-electron chi connectivity index (χ3n) is 3.34. The van der Waals surface area contributed by atoms with Gasteiger partial charge < -0.3 is 5.32 Å². The van der Waals surface area contributed by atoms with Crippen molar-refractivity contribution in [1.29, 1.82) is 0 Å². The smallest absolute Gasteiger partial charge is 0.229 e. The predicted octanol–water partition coefficient (Wildman–Crippen LogP) is 2.72. The molecule has 2 aromatic rings. The molecule has 2 atom stereocenters. The third-order valence-corrected chi connectivity index (χ3v) is 4.18.